The van der Waals surface area contributed by atoms with Crippen molar-refractivity contribution in [3.63, 3.8) is 0 Å². The highest BCUT2D eigenvalue weighted by molar-refractivity contribution is 5.89. The fourth-order valence-electron chi connectivity index (χ4n) is 4.51. The van der Waals surface area contributed by atoms with Crippen molar-refractivity contribution < 1.29 is 5.11 Å². The van der Waals surface area contributed by atoms with E-state index in [-0.39, 0.29) is 6.73 Å². The van der Waals surface area contributed by atoms with Gasteiger partial charge in [-0.25, -0.2) is 0 Å². The average Bonchev–Trinajstić information content (AvgIpc) is 2.80. The van der Waals surface area contributed by atoms with Crippen LogP contribution in [0, 0.1) is 5.92 Å². The van der Waals surface area contributed by atoms with Crippen LogP contribution in [0.4, 0.5) is 0 Å². The number of aromatic nitrogens is 1. The van der Waals surface area contributed by atoms with Gasteiger partial charge in [0, 0.05) is 30.1 Å². The Morgan fingerprint density at radius 2 is 2.20 bits per heavy atom. The number of likely N-dealkylation sites (tertiary alicyclic amines) is 1. The molecule has 2 aromatic rings. The number of benzene rings is 1. The number of piperidine rings is 1. The molecule has 0 bridgehead atoms. The van der Waals surface area contributed by atoms with Crippen LogP contribution in [0.5, 0.6) is 0 Å². The highest BCUT2D eigenvalue weighted by Crippen LogP contribution is 2.44. The number of rotatable bonds is 1. The van der Waals surface area contributed by atoms with E-state index >= 15 is 0 Å². The van der Waals surface area contributed by atoms with Crippen molar-refractivity contribution in [1.82, 2.24) is 9.47 Å². The lowest BCUT2D eigenvalue weighted by Crippen LogP contribution is -2.47. The van der Waals surface area contributed by atoms with Gasteiger partial charge in [-0.1, -0.05) is 19.1 Å². The summed E-state index contributed by atoms with van der Waals surface area (Å²) in [6.07, 6.45) is 4.56. The van der Waals surface area contributed by atoms with E-state index in [9.17, 15) is 5.11 Å². The minimum absolute atomic E-state index is 0.0710. The standard InChI is InChI=1S/C17H22N2O/c1-11-6-14-13-4-3-5-15-17(13)12(9-19(15)10-20)7-16(14)18(2)8-11/h3-5,9,11,14,16,20H,6-8,10H2,1-2H3/t11-,14+,16-/m0/s1. The van der Waals surface area contributed by atoms with Gasteiger partial charge in [-0.3, -0.25) is 0 Å². The van der Waals surface area contributed by atoms with E-state index in [2.05, 4.69) is 43.3 Å². The third kappa shape index (κ3) is 1.60. The molecule has 4 rings (SSSR count). The fourth-order valence-corrected chi connectivity index (χ4v) is 4.51. The van der Waals surface area contributed by atoms with Crippen LogP contribution in [0.25, 0.3) is 10.9 Å². The SMILES string of the molecule is C[C@H]1C[C@@H]2c3cccc4c3c(cn4CO)C[C@@H]2N(C)C1. The van der Waals surface area contributed by atoms with Gasteiger partial charge in [0.05, 0.1) is 5.52 Å². The third-order valence-corrected chi connectivity index (χ3v) is 5.28. The normalized spacial score (nSPS) is 29.6. The number of hydrogen-bond acceptors (Lipinski definition) is 2. The molecular weight excluding hydrogens is 248 g/mol. The number of hydrogen-bond donors (Lipinski definition) is 1. The van der Waals surface area contributed by atoms with Crippen LogP contribution >= 0.6 is 0 Å². The smallest absolute Gasteiger partial charge is 0.119 e. The maximum absolute atomic E-state index is 9.56. The van der Waals surface area contributed by atoms with Crippen molar-refractivity contribution in [2.75, 3.05) is 13.6 Å². The highest BCUT2D eigenvalue weighted by atomic mass is 16.3. The maximum Gasteiger partial charge on any atom is 0.119 e. The molecule has 1 aliphatic heterocycles. The molecule has 20 heavy (non-hydrogen) atoms. The molecular formula is C17H22N2O. The molecule has 0 spiro atoms. The van der Waals surface area contributed by atoms with Crippen molar-refractivity contribution >= 4 is 10.9 Å². The fraction of sp³-hybridized carbons (Fsp3) is 0.529. The number of aliphatic hydroxyl groups excluding tert-OH is 1. The third-order valence-electron chi connectivity index (χ3n) is 5.28. The molecule has 1 aromatic heterocycles. The van der Waals surface area contributed by atoms with Crippen LogP contribution < -0.4 is 0 Å². The van der Waals surface area contributed by atoms with Crippen molar-refractivity contribution in [3.05, 3.63) is 35.5 Å². The van der Waals surface area contributed by atoms with Crippen LogP contribution in [0.3, 0.4) is 0 Å². The molecule has 2 heterocycles. The zero-order valence-corrected chi connectivity index (χ0v) is 12.2. The Kier molecular flexibility index (Phi) is 2.69. The summed E-state index contributed by atoms with van der Waals surface area (Å²) in [5.41, 5.74) is 4.10. The van der Waals surface area contributed by atoms with Gasteiger partial charge in [0.1, 0.15) is 6.73 Å². The molecule has 1 aliphatic carbocycles. The molecule has 1 N–H and O–H groups in total. The first kappa shape index (κ1) is 12.4. The number of fused-ring (bicyclic) bond motifs is 2. The van der Waals surface area contributed by atoms with E-state index in [4.69, 9.17) is 0 Å². The Bertz CT molecular complexity index is 660. The van der Waals surface area contributed by atoms with Gasteiger partial charge < -0.3 is 14.6 Å². The summed E-state index contributed by atoms with van der Waals surface area (Å²) in [6, 6.07) is 7.21. The molecule has 3 heteroatoms. The molecule has 0 amide bonds. The first-order chi connectivity index (χ1) is 9.69. The van der Waals surface area contributed by atoms with E-state index < -0.39 is 0 Å². The summed E-state index contributed by atoms with van der Waals surface area (Å²) < 4.78 is 1.98. The second-order valence-electron chi connectivity index (χ2n) is 6.67. The summed E-state index contributed by atoms with van der Waals surface area (Å²) >= 11 is 0. The second kappa shape index (κ2) is 4.34. The molecule has 3 atom stereocenters. The van der Waals surface area contributed by atoms with Gasteiger partial charge in [0.15, 0.2) is 0 Å². The Morgan fingerprint density at radius 3 is 3.00 bits per heavy atom. The zero-order valence-electron chi connectivity index (χ0n) is 12.2. The van der Waals surface area contributed by atoms with Gasteiger partial charge in [0.2, 0.25) is 0 Å². The summed E-state index contributed by atoms with van der Waals surface area (Å²) in [4.78, 5) is 2.54. The molecule has 1 fully saturated rings. The van der Waals surface area contributed by atoms with Gasteiger partial charge in [-0.2, -0.15) is 0 Å². The van der Waals surface area contributed by atoms with Gasteiger partial charge in [-0.05, 0) is 43.0 Å². The summed E-state index contributed by atoms with van der Waals surface area (Å²) in [6.45, 7) is 3.63. The number of likely N-dealkylation sites (N-methyl/N-ethyl adjacent to an activating group) is 1. The Hall–Kier alpha value is -1.32. The van der Waals surface area contributed by atoms with E-state index in [1.807, 2.05) is 4.57 Å². The molecule has 0 radical (unpaired) electrons. The van der Waals surface area contributed by atoms with Gasteiger partial charge in [-0.15, -0.1) is 0 Å². The van der Waals surface area contributed by atoms with Crippen LogP contribution in [-0.2, 0) is 13.2 Å². The Balaban J connectivity index is 1.93. The lowest BCUT2D eigenvalue weighted by Gasteiger charge is -2.44. The molecule has 106 valence electrons. The van der Waals surface area contributed by atoms with Crippen molar-refractivity contribution in [2.24, 2.45) is 5.92 Å². The minimum atomic E-state index is 0.0710. The first-order valence-corrected chi connectivity index (χ1v) is 7.60. The lowest BCUT2D eigenvalue weighted by atomic mass is 9.73. The average molecular weight is 270 g/mol. The maximum atomic E-state index is 9.56. The van der Waals surface area contributed by atoms with E-state index in [1.165, 1.54) is 35.0 Å². The number of aliphatic hydroxyl groups is 1. The quantitative estimate of drug-likeness (QED) is 0.862. The predicted molar refractivity (Wildman–Crippen MR) is 80.8 cm³/mol. The van der Waals surface area contributed by atoms with Crippen LogP contribution in [-0.4, -0.2) is 34.2 Å². The first-order valence-electron chi connectivity index (χ1n) is 7.60. The molecule has 0 unspecified atom stereocenters. The molecule has 1 saturated heterocycles. The van der Waals surface area contributed by atoms with Crippen LogP contribution in [0.15, 0.2) is 24.4 Å². The number of nitrogens with zero attached hydrogens (tertiary/aromatic N) is 2. The topological polar surface area (TPSA) is 28.4 Å². The highest BCUT2D eigenvalue weighted by Gasteiger charge is 2.38. The van der Waals surface area contributed by atoms with E-state index in [0.29, 0.717) is 12.0 Å². The second-order valence-corrected chi connectivity index (χ2v) is 6.67. The van der Waals surface area contributed by atoms with Gasteiger partial charge in [0.25, 0.3) is 0 Å². The monoisotopic (exact) mass is 270 g/mol. The van der Waals surface area contributed by atoms with E-state index in [0.717, 1.165) is 12.3 Å². The lowest BCUT2D eigenvalue weighted by molar-refractivity contribution is 0.119. The zero-order chi connectivity index (χ0) is 13.9. The summed E-state index contributed by atoms with van der Waals surface area (Å²) in [5, 5.41) is 11.0. The largest absolute Gasteiger partial charge is 0.376 e. The van der Waals surface area contributed by atoms with Crippen LogP contribution in [0.1, 0.15) is 30.4 Å². The predicted octanol–water partition coefficient (Wildman–Crippen LogP) is 2.57. The minimum Gasteiger partial charge on any atom is -0.376 e. The Morgan fingerprint density at radius 1 is 1.35 bits per heavy atom. The molecule has 2 aliphatic rings. The Labute approximate surface area is 119 Å². The van der Waals surface area contributed by atoms with E-state index in [1.54, 1.807) is 0 Å². The summed E-state index contributed by atoms with van der Waals surface area (Å²) in [5.74, 6) is 1.41. The van der Waals surface area contributed by atoms with Gasteiger partial charge >= 0.3 is 0 Å². The van der Waals surface area contributed by atoms with Crippen LogP contribution in [0.2, 0.25) is 0 Å². The van der Waals surface area contributed by atoms with Crippen molar-refractivity contribution in [3.8, 4) is 0 Å². The molecule has 0 saturated carbocycles. The molecule has 1 aromatic carbocycles. The van der Waals surface area contributed by atoms with Crippen molar-refractivity contribution in [2.45, 2.75) is 38.5 Å². The van der Waals surface area contributed by atoms with Crippen molar-refractivity contribution in [1.29, 1.82) is 0 Å². The molecule has 3 nitrogen and oxygen atoms in total. The summed E-state index contributed by atoms with van der Waals surface area (Å²) in [7, 11) is 2.27.